The predicted molar refractivity (Wildman–Crippen MR) is 89.3 cm³/mol. The average molecular weight is 327 g/mol. The van der Waals surface area contributed by atoms with E-state index in [0.717, 1.165) is 19.3 Å². The highest BCUT2D eigenvalue weighted by Crippen LogP contribution is 2.50. The van der Waals surface area contributed by atoms with Crippen molar-refractivity contribution < 1.29 is 19.4 Å². The molecule has 0 aromatic heterocycles. The number of aliphatic hydroxyl groups excluding tert-OH is 1. The van der Waals surface area contributed by atoms with Crippen molar-refractivity contribution in [2.24, 2.45) is 5.92 Å². The van der Waals surface area contributed by atoms with Gasteiger partial charge < -0.3 is 14.6 Å². The van der Waals surface area contributed by atoms with Crippen LogP contribution in [0, 0.1) is 5.92 Å². The summed E-state index contributed by atoms with van der Waals surface area (Å²) in [6.07, 6.45) is 1.98. The summed E-state index contributed by atoms with van der Waals surface area (Å²) in [4.78, 5) is 14.6. The lowest BCUT2D eigenvalue weighted by Crippen LogP contribution is -2.53. The molecule has 4 atom stereocenters. The van der Waals surface area contributed by atoms with Gasteiger partial charge in [0.25, 0.3) is 0 Å². The number of hydrogen-bond acceptors (Lipinski definition) is 4. The molecule has 0 spiro atoms. The summed E-state index contributed by atoms with van der Waals surface area (Å²) in [5, 5.41) is 10.8. The van der Waals surface area contributed by atoms with Gasteiger partial charge >= 0.3 is 6.09 Å². The van der Waals surface area contributed by atoms with E-state index in [2.05, 4.69) is 6.92 Å². The van der Waals surface area contributed by atoms with Crippen molar-refractivity contribution in [3.63, 3.8) is 0 Å². The van der Waals surface area contributed by atoms with Crippen molar-refractivity contribution in [2.75, 3.05) is 6.61 Å². The number of likely N-dealkylation sites (tertiary alicyclic amines) is 1. The maximum atomic E-state index is 12.8. The van der Waals surface area contributed by atoms with Gasteiger partial charge in [0.2, 0.25) is 0 Å². The van der Waals surface area contributed by atoms with Crippen molar-refractivity contribution in [1.82, 2.24) is 4.90 Å². The minimum Gasteiger partial charge on any atom is -0.444 e. The second kappa shape index (κ2) is 5.92. The van der Waals surface area contributed by atoms with Crippen LogP contribution in [0.25, 0.3) is 0 Å². The van der Waals surface area contributed by atoms with Crippen LogP contribution < -0.4 is 0 Å². The second-order valence-electron chi connectivity index (χ2n) is 9.19. The van der Waals surface area contributed by atoms with Crippen LogP contribution in [0.5, 0.6) is 0 Å². The SMILES string of the molecule is CC(C)(C)OC[C@H]1[C@H](O)[C@@H]2CCC[C@]2(C)N1C(=O)OC(C)(C)C. The fraction of sp³-hybridized carbons (Fsp3) is 0.944. The van der Waals surface area contributed by atoms with Gasteiger partial charge in [0.1, 0.15) is 5.60 Å². The van der Waals surface area contributed by atoms with E-state index >= 15 is 0 Å². The number of aliphatic hydroxyl groups is 1. The Balaban J connectivity index is 2.25. The molecule has 134 valence electrons. The zero-order valence-corrected chi connectivity index (χ0v) is 15.7. The molecule has 5 heteroatoms. The number of hydrogen-bond donors (Lipinski definition) is 1. The molecule has 1 saturated carbocycles. The van der Waals surface area contributed by atoms with E-state index in [1.807, 2.05) is 41.5 Å². The summed E-state index contributed by atoms with van der Waals surface area (Å²) in [7, 11) is 0. The van der Waals surface area contributed by atoms with Crippen LogP contribution in [-0.2, 0) is 9.47 Å². The molecule has 1 aliphatic carbocycles. The Morgan fingerprint density at radius 3 is 2.35 bits per heavy atom. The smallest absolute Gasteiger partial charge is 0.411 e. The lowest BCUT2D eigenvalue weighted by Gasteiger charge is -2.39. The summed E-state index contributed by atoms with van der Waals surface area (Å²) in [6.45, 7) is 14.0. The van der Waals surface area contributed by atoms with Crippen LogP contribution in [0.15, 0.2) is 0 Å². The topological polar surface area (TPSA) is 59.0 Å². The molecule has 1 heterocycles. The van der Waals surface area contributed by atoms with Crippen molar-refractivity contribution in [3.8, 4) is 0 Å². The summed E-state index contributed by atoms with van der Waals surface area (Å²) >= 11 is 0. The fourth-order valence-corrected chi connectivity index (χ4v) is 3.98. The first-order valence-electron chi connectivity index (χ1n) is 8.69. The first kappa shape index (κ1) is 18.5. The third-order valence-electron chi connectivity index (χ3n) is 4.96. The molecule has 0 aromatic rings. The van der Waals surface area contributed by atoms with E-state index < -0.39 is 11.7 Å². The zero-order valence-electron chi connectivity index (χ0n) is 15.7. The maximum Gasteiger partial charge on any atom is 0.411 e. The minimum atomic E-state index is -0.558. The van der Waals surface area contributed by atoms with Gasteiger partial charge in [0.15, 0.2) is 0 Å². The molecule has 1 saturated heterocycles. The third kappa shape index (κ3) is 3.82. The molecule has 0 unspecified atom stereocenters. The molecule has 1 N–H and O–H groups in total. The largest absolute Gasteiger partial charge is 0.444 e. The lowest BCUT2D eigenvalue weighted by atomic mass is 9.88. The Kier molecular flexibility index (Phi) is 4.77. The standard InChI is InChI=1S/C18H33NO4/c1-16(2,3)22-11-13-14(20)12-9-8-10-18(12,7)19(13)15(21)23-17(4,5)6/h12-14,20H,8-11H2,1-7H3/t12-,13-,14+,18-/m0/s1. The monoisotopic (exact) mass is 327 g/mol. The van der Waals surface area contributed by atoms with Gasteiger partial charge in [-0.2, -0.15) is 0 Å². The molecular formula is C18H33NO4. The molecule has 1 amide bonds. The van der Waals surface area contributed by atoms with E-state index in [-0.39, 0.29) is 29.2 Å². The number of nitrogens with zero attached hydrogens (tertiary/aromatic N) is 1. The molecule has 2 fully saturated rings. The fourth-order valence-electron chi connectivity index (χ4n) is 3.98. The van der Waals surface area contributed by atoms with Crippen molar-refractivity contribution in [3.05, 3.63) is 0 Å². The molecule has 5 nitrogen and oxygen atoms in total. The van der Waals surface area contributed by atoms with E-state index in [1.165, 1.54) is 0 Å². The van der Waals surface area contributed by atoms with Crippen molar-refractivity contribution in [1.29, 1.82) is 0 Å². The number of ether oxygens (including phenoxy) is 2. The van der Waals surface area contributed by atoms with Crippen LogP contribution >= 0.6 is 0 Å². The molecule has 2 rings (SSSR count). The van der Waals surface area contributed by atoms with E-state index in [4.69, 9.17) is 9.47 Å². The van der Waals surface area contributed by atoms with Gasteiger partial charge in [0.05, 0.1) is 24.4 Å². The summed E-state index contributed by atoms with van der Waals surface area (Å²) in [5.41, 5.74) is -1.20. The van der Waals surface area contributed by atoms with Crippen LogP contribution in [-0.4, -0.2) is 51.6 Å². The van der Waals surface area contributed by atoms with Gasteiger partial charge in [-0.3, -0.25) is 4.90 Å². The van der Waals surface area contributed by atoms with E-state index in [0.29, 0.717) is 6.61 Å². The highest BCUT2D eigenvalue weighted by Gasteiger charge is 2.60. The Labute approximate surface area is 140 Å². The Bertz CT molecular complexity index is 451. The van der Waals surface area contributed by atoms with Crippen LogP contribution in [0.2, 0.25) is 0 Å². The van der Waals surface area contributed by atoms with Crippen molar-refractivity contribution >= 4 is 6.09 Å². The Morgan fingerprint density at radius 2 is 1.83 bits per heavy atom. The lowest BCUT2D eigenvalue weighted by molar-refractivity contribution is -0.0609. The highest BCUT2D eigenvalue weighted by molar-refractivity contribution is 5.70. The first-order valence-corrected chi connectivity index (χ1v) is 8.69. The summed E-state index contributed by atoms with van der Waals surface area (Å²) in [5.74, 6) is 0.101. The Hall–Kier alpha value is -0.810. The summed E-state index contributed by atoms with van der Waals surface area (Å²) in [6, 6.07) is -0.348. The molecule has 2 aliphatic rings. The summed E-state index contributed by atoms with van der Waals surface area (Å²) < 4.78 is 11.5. The van der Waals surface area contributed by atoms with Gasteiger partial charge in [0, 0.05) is 11.5 Å². The third-order valence-corrected chi connectivity index (χ3v) is 4.96. The van der Waals surface area contributed by atoms with Crippen LogP contribution in [0.3, 0.4) is 0 Å². The molecule has 1 aliphatic heterocycles. The quantitative estimate of drug-likeness (QED) is 0.845. The molecule has 0 radical (unpaired) electrons. The highest BCUT2D eigenvalue weighted by atomic mass is 16.6. The number of fused-ring (bicyclic) bond motifs is 1. The van der Waals surface area contributed by atoms with Gasteiger partial charge in [-0.25, -0.2) is 4.79 Å². The number of amides is 1. The Morgan fingerprint density at radius 1 is 1.22 bits per heavy atom. The second-order valence-corrected chi connectivity index (χ2v) is 9.19. The van der Waals surface area contributed by atoms with Gasteiger partial charge in [-0.05, 0) is 61.3 Å². The average Bonchev–Trinajstić information content (AvgIpc) is 2.79. The zero-order chi connectivity index (χ0) is 17.6. The normalized spacial score (nSPS) is 34.6. The molecule has 23 heavy (non-hydrogen) atoms. The first-order chi connectivity index (χ1) is 10.4. The van der Waals surface area contributed by atoms with Gasteiger partial charge in [-0.15, -0.1) is 0 Å². The number of carbonyl (C=O) groups excluding carboxylic acids is 1. The van der Waals surface area contributed by atoms with Crippen molar-refractivity contribution in [2.45, 2.75) is 96.6 Å². The molecule has 0 aromatic carbocycles. The van der Waals surface area contributed by atoms with Gasteiger partial charge in [-0.1, -0.05) is 6.42 Å². The van der Waals surface area contributed by atoms with Crippen LogP contribution in [0.4, 0.5) is 4.79 Å². The van der Waals surface area contributed by atoms with E-state index in [1.54, 1.807) is 4.90 Å². The minimum absolute atomic E-state index is 0.101. The molecular weight excluding hydrogens is 294 g/mol. The predicted octanol–water partition coefficient (Wildman–Crippen LogP) is 3.34. The molecule has 0 bridgehead atoms. The van der Waals surface area contributed by atoms with Crippen LogP contribution in [0.1, 0.15) is 67.7 Å². The van der Waals surface area contributed by atoms with E-state index in [9.17, 15) is 9.90 Å². The maximum absolute atomic E-state index is 12.8. The number of carbonyl (C=O) groups is 1. The number of rotatable bonds is 2.